The lowest BCUT2D eigenvalue weighted by Gasteiger charge is -2.08. The van der Waals surface area contributed by atoms with E-state index in [1.165, 1.54) is 12.1 Å². The second kappa shape index (κ2) is 5.55. The van der Waals surface area contributed by atoms with Crippen molar-refractivity contribution in [1.29, 1.82) is 0 Å². The Balaban J connectivity index is 2.55. The van der Waals surface area contributed by atoms with Crippen molar-refractivity contribution in [2.75, 3.05) is 13.2 Å². The number of ether oxygens (including phenoxy) is 1. The summed E-state index contributed by atoms with van der Waals surface area (Å²) in [5, 5.41) is 0. The van der Waals surface area contributed by atoms with Crippen molar-refractivity contribution in [2.24, 2.45) is 5.73 Å². The summed E-state index contributed by atoms with van der Waals surface area (Å²) >= 11 is 0. The molecule has 0 aromatic heterocycles. The van der Waals surface area contributed by atoms with Crippen LogP contribution >= 0.6 is 0 Å². The molecule has 16 heavy (non-hydrogen) atoms. The zero-order valence-corrected chi connectivity index (χ0v) is 8.50. The Morgan fingerprint density at radius 2 is 1.81 bits per heavy atom. The molecule has 0 aliphatic carbocycles. The maximum Gasteiger partial charge on any atom is 0.422 e. The second-order valence-corrected chi connectivity index (χ2v) is 3.11. The van der Waals surface area contributed by atoms with E-state index >= 15 is 0 Å². The van der Waals surface area contributed by atoms with Gasteiger partial charge in [-0.3, -0.25) is 0 Å². The molecule has 0 aliphatic heterocycles. The third kappa shape index (κ3) is 4.84. The van der Waals surface area contributed by atoms with Gasteiger partial charge in [-0.1, -0.05) is 24.3 Å². The Morgan fingerprint density at radius 3 is 2.31 bits per heavy atom. The van der Waals surface area contributed by atoms with Crippen molar-refractivity contribution in [2.45, 2.75) is 6.18 Å². The molecule has 0 amide bonds. The molecule has 0 saturated heterocycles. The monoisotopic (exact) mass is 231 g/mol. The van der Waals surface area contributed by atoms with E-state index < -0.39 is 12.8 Å². The van der Waals surface area contributed by atoms with E-state index in [4.69, 9.17) is 5.73 Å². The van der Waals surface area contributed by atoms with Crippen LogP contribution in [0, 0.1) is 0 Å². The van der Waals surface area contributed by atoms with E-state index in [0.717, 1.165) is 5.56 Å². The maximum absolute atomic E-state index is 11.8. The van der Waals surface area contributed by atoms with Gasteiger partial charge < -0.3 is 10.5 Å². The lowest BCUT2D eigenvalue weighted by molar-refractivity contribution is -0.153. The van der Waals surface area contributed by atoms with Gasteiger partial charge in [0.1, 0.15) is 5.75 Å². The SMILES string of the molecule is NCC=Cc1ccc(OCC(F)(F)F)cc1. The van der Waals surface area contributed by atoms with Crippen molar-refractivity contribution in [1.82, 2.24) is 0 Å². The fourth-order valence-corrected chi connectivity index (χ4v) is 1.04. The van der Waals surface area contributed by atoms with Gasteiger partial charge in [-0.05, 0) is 17.7 Å². The standard InChI is InChI=1S/C11H12F3NO/c12-11(13,14)8-16-10-5-3-9(4-6-10)2-1-7-15/h1-6H,7-8,15H2. The third-order valence-corrected chi connectivity index (χ3v) is 1.73. The number of hydrogen-bond donors (Lipinski definition) is 1. The molecule has 0 bridgehead atoms. The first kappa shape index (κ1) is 12.6. The summed E-state index contributed by atoms with van der Waals surface area (Å²) < 4.78 is 40.1. The molecule has 0 fully saturated rings. The van der Waals surface area contributed by atoms with Crippen LogP contribution in [0.3, 0.4) is 0 Å². The molecule has 1 aromatic carbocycles. The predicted molar refractivity (Wildman–Crippen MR) is 56.1 cm³/mol. The van der Waals surface area contributed by atoms with Crippen molar-refractivity contribution in [3.63, 3.8) is 0 Å². The van der Waals surface area contributed by atoms with E-state index in [-0.39, 0.29) is 5.75 Å². The molecular formula is C11H12F3NO. The van der Waals surface area contributed by atoms with Crippen molar-refractivity contribution < 1.29 is 17.9 Å². The van der Waals surface area contributed by atoms with E-state index in [0.29, 0.717) is 6.54 Å². The maximum atomic E-state index is 11.8. The summed E-state index contributed by atoms with van der Waals surface area (Å²) in [4.78, 5) is 0. The molecule has 1 rings (SSSR count). The Labute approximate surface area is 91.5 Å². The molecule has 2 N–H and O–H groups in total. The highest BCUT2D eigenvalue weighted by atomic mass is 19.4. The van der Waals surface area contributed by atoms with Crippen LogP contribution in [0.1, 0.15) is 5.56 Å². The van der Waals surface area contributed by atoms with E-state index in [1.807, 2.05) is 0 Å². The highest BCUT2D eigenvalue weighted by molar-refractivity contribution is 5.50. The lowest BCUT2D eigenvalue weighted by Crippen LogP contribution is -2.19. The van der Waals surface area contributed by atoms with E-state index in [1.54, 1.807) is 24.3 Å². The topological polar surface area (TPSA) is 35.2 Å². The van der Waals surface area contributed by atoms with Gasteiger partial charge in [-0.15, -0.1) is 0 Å². The third-order valence-electron chi connectivity index (χ3n) is 1.73. The van der Waals surface area contributed by atoms with Crippen LogP contribution in [-0.2, 0) is 0 Å². The van der Waals surface area contributed by atoms with E-state index in [2.05, 4.69) is 4.74 Å². The average molecular weight is 231 g/mol. The number of halogens is 3. The molecule has 88 valence electrons. The van der Waals surface area contributed by atoms with Crippen molar-refractivity contribution in [3.8, 4) is 5.75 Å². The summed E-state index contributed by atoms with van der Waals surface area (Å²) in [5.41, 5.74) is 6.13. The van der Waals surface area contributed by atoms with Crippen LogP contribution in [0.15, 0.2) is 30.3 Å². The smallest absolute Gasteiger partial charge is 0.422 e. The molecule has 5 heteroatoms. The Hall–Kier alpha value is -1.49. The van der Waals surface area contributed by atoms with Crippen molar-refractivity contribution in [3.05, 3.63) is 35.9 Å². The number of nitrogens with two attached hydrogens (primary N) is 1. The summed E-state index contributed by atoms with van der Waals surface area (Å²) in [6.45, 7) is -0.850. The van der Waals surface area contributed by atoms with Gasteiger partial charge in [0, 0.05) is 6.54 Å². The fraction of sp³-hybridized carbons (Fsp3) is 0.273. The summed E-state index contributed by atoms with van der Waals surface area (Å²) in [6, 6.07) is 6.31. The minimum Gasteiger partial charge on any atom is -0.484 e. The Bertz CT molecular complexity index is 343. The normalized spacial score (nSPS) is 12.0. The number of benzene rings is 1. The first-order valence-electron chi connectivity index (χ1n) is 4.67. The first-order valence-corrected chi connectivity index (χ1v) is 4.67. The molecule has 0 heterocycles. The van der Waals surface area contributed by atoms with Gasteiger partial charge in [0.2, 0.25) is 0 Å². The molecule has 0 radical (unpaired) electrons. The molecule has 0 aliphatic rings. The molecule has 1 aromatic rings. The zero-order valence-electron chi connectivity index (χ0n) is 8.50. The zero-order chi connectivity index (χ0) is 12.0. The number of hydrogen-bond acceptors (Lipinski definition) is 2. The van der Waals surface area contributed by atoms with Gasteiger partial charge in [0.15, 0.2) is 6.61 Å². The van der Waals surface area contributed by atoms with Gasteiger partial charge in [-0.25, -0.2) is 0 Å². The highest BCUT2D eigenvalue weighted by Gasteiger charge is 2.28. The predicted octanol–water partition coefficient (Wildman–Crippen LogP) is 2.60. The van der Waals surface area contributed by atoms with Gasteiger partial charge in [0.25, 0.3) is 0 Å². The summed E-state index contributed by atoms with van der Waals surface area (Å²) in [7, 11) is 0. The fourth-order valence-electron chi connectivity index (χ4n) is 1.04. The largest absolute Gasteiger partial charge is 0.484 e. The number of rotatable bonds is 4. The molecule has 2 nitrogen and oxygen atoms in total. The van der Waals surface area contributed by atoms with Crippen LogP contribution in [0.5, 0.6) is 5.75 Å². The van der Waals surface area contributed by atoms with Crippen LogP contribution < -0.4 is 10.5 Å². The quantitative estimate of drug-likeness (QED) is 0.864. The molecule has 0 saturated carbocycles. The molecule has 0 spiro atoms. The average Bonchev–Trinajstić information content (AvgIpc) is 2.24. The van der Waals surface area contributed by atoms with Crippen LogP contribution in [0.2, 0.25) is 0 Å². The Kier molecular flexibility index (Phi) is 4.37. The van der Waals surface area contributed by atoms with Crippen LogP contribution in [0.25, 0.3) is 6.08 Å². The van der Waals surface area contributed by atoms with Gasteiger partial charge in [-0.2, -0.15) is 13.2 Å². The highest BCUT2D eigenvalue weighted by Crippen LogP contribution is 2.19. The second-order valence-electron chi connectivity index (χ2n) is 3.11. The lowest BCUT2D eigenvalue weighted by atomic mass is 10.2. The minimum atomic E-state index is -4.31. The Morgan fingerprint density at radius 1 is 1.19 bits per heavy atom. The van der Waals surface area contributed by atoms with Crippen molar-refractivity contribution >= 4 is 6.08 Å². The molecule has 0 atom stereocenters. The summed E-state index contributed by atoms with van der Waals surface area (Å²) in [6.07, 6.45) is -0.767. The summed E-state index contributed by atoms with van der Waals surface area (Å²) in [5.74, 6) is 0.197. The molecule has 0 unspecified atom stereocenters. The van der Waals surface area contributed by atoms with Crippen LogP contribution in [-0.4, -0.2) is 19.3 Å². The van der Waals surface area contributed by atoms with Gasteiger partial charge >= 0.3 is 6.18 Å². The van der Waals surface area contributed by atoms with Crippen LogP contribution in [0.4, 0.5) is 13.2 Å². The minimum absolute atomic E-state index is 0.197. The van der Waals surface area contributed by atoms with Gasteiger partial charge in [0.05, 0.1) is 0 Å². The molecular weight excluding hydrogens is 219 g/mol. The van der Waals surface area contributed by atoms with E-state index in [9.17, 15) is 13.2 Å². The number of alkyl halides is 3. The first-order chi connectivity index (χ1) is 7.51.